The highest BCUT2D eigenvalue weighted by Crippen LogP contribution is 2.48. The average molecular weight is 214 g/mol. The van der Waals surface area contributed by atoms with Gasteiger partial charge in [0.15, 0.2) is 0 Å². The summed E-state index contributed by atoms with van der Waals surface area (Å²) >= 11 is 0. The van der Waals surface area contributed by atoms with Gasteiger partial charge in [0.1, 0.15) is 0 Å². The Bertz CT molecular complexity index is 247. The van der Waals surface area contributed by atoms with Gasteiger partial charge in [-0.05, 0) is 24.7 Å². The van der Waals surface area contributed by atoms with Gasteiger partial charge in [-0.3, -0.25) is 4.79 Å². The molecule has 1 saturated carbocycles. The van der Waals surface area contributed by atoms with E-state index < -0.39 is 17.5 Å². The van der Waals surface area contributed by atoms with Crippen molar-refractivity contribution in [2.45, 2.75) is 58.5 Å². The molecule has 0 aromatic heterocycles. The molecule has 0 heterocycles. The molecule has 0 aromatic rings. The molecule has 0 amide bonds. The van der Waals surface area contributed by atoms with Gasteiger partial charge >= 0.3 is 5.97 Å². The molecule has 0 saturated heterocycles. The quantitative estimate of drug-likeness (QED) is 0.758. The first-order valence-electron chi connectivity index (χ1n) is 5.80. The molecule has 0 bridgehead atoms. The Labute approximate surface area is 91.5 Å². The summed E-state index contributed by atoms with van der Waals surface area (Å²) < 4.78 is 0. The molecule has 0 radical (unpaired) electrons. The molecule has 1 aliphatic carbocycles. The highest BCUT2D eigenvalue weighted by molar-refractivity contribution is 5.71. The van der Waals surface area contributed by atoms with Gasteiger partial charge in [-0.1, -0.05) is 33.6 Å². The van der Waals surface area contributed by atoms with Gasteiger partial charge in [0, 0.05) is 0 Å². The molecule has 3 nitrogen and oxygen atoms in total. The predicted octanol–water partition coefficient (Wildman–Crippen LogP) is 2.43. The fraction of sp³-hybridized carbons (Fsp3) is 0.917. The summed E-state index contributed by atoms with van der Waals surface area (Å²) in [4.78, 5) is 11.2. The molecule has 0 aliphatic heterocycles. The first-order chi connectivity index (χ1) is 6.85. The molecular formula is C12H22O3. The van der Waals surface area contributed by atoms with Crippen LogP contribution in [0, 0.1) is 11.3 Å². The molecule has 1 aliphatic rings. The summed E-state index contributed by atoms with van der Waals surface area (Å²) in [5, 5.41) is 19.8. The summed E-state index contributed by atoms with van der Waals surface area (Å²) in [5.74, 6) is -1.50. The van der Waals surface area contributed by atoms with Crippen LogP contribution in [0.25, 0.3) is 0 Å². The lowest BCUT2D eigenvalue weighted by molar-refractivity contribution is -0.174. The molecule has 2 atom stereocenters. The van der Waals surface area contributed by atoms with Crippen molar-refractivity contribution in [3.05, 3.63) is 0 Å². The van der Waals surface area contributed by atoms with Crippen molar-refractivity contribution in [3.8, 4) is 0 Å². The zero-order valence-electron chi connectivity index (χ0n) is 9.92. The van der Waals surface area contributed by atoms with E-state index in [-0.39, 0.29) is 5.41 Å². The maximum atomic E-state index is 11.2. The Morgan fingerprint density at radius 2 is 1.87 bits per heavy atom. The van der Waals surface area contributed by atoms with Gasteiger partial charge in [0.05, 0.1) is 11.5 Å². The van der Waals surface area contributed by atoms with Gasteiger partial charge < -0.3 is 10.2 Å². The van der Waals surface area contributed by atoms with Crippen LogP contribution in [-0.2, 0) is 4.79 Å². The van der Waals surface area contributed by atoms with Crippen molar-refractivity contribution >= 4 is 5.97 Å². The maximum absolute atomic E-state index is 11.2. The second kappa shape index (κ2) is 4.12. The molecule has 3 heteroatoms. The summed E-state index contributed by atoms with van der Waals surface area (Å²) in [6, 6.07) is 0. The minimum absolute atomic E-state index is 0.287. The van der Waals surface area contributed by atoms with E-state index in [9.17, 15) is 9.90 Å². The topological polar surface area (TPSA) is 57.5 Å². The van der Waals surface area contributed by atoms with E-state index in [1.54, 1.807) is 0 Å². The van der Waals surface area contributed by atoms with E-state index in [0.717, 1.165) is 19.3 Å². The second-order valence-corrected chi connectivity index (χ2v) is 5.31. The van der Waals surface area contributed by atoms with E-state index in [1.807, 2.05) is 20.8 Å². The third kappa shape index (κ3) is 2.03. The number of carboxylic acid groups (broad SMARTS) is 1. The van der Waals surface area contributed by atoms with Crippen LogP contribution in [0.2, 0.25) is 0 Å². The Morgan fingerprint density at radius 3 is 2.27 bits per heavy atom. The van der Waals surface area contributed by atoms with Crippen molar-refractivity contribution in [3.63, 3.8) is 0 Å². The van der Waals surface area contributed by atoms with E-state index in [1.165, 1.54) is 0 Å². The van der Waals surface area contributed by atoms with Crippen LogP contribution < -0.4 is 0 Å². The zero-order chi connectivity index (χ0) is 11.7. The number of carboxylic acids is 1. The van der Waals surface area contributed by atoms with Crippen LogP contribution in [-0.4, -0.2) is 21.8 Å². The summed E-state index contributed by atoms with van der Waals surface area (Å²) in [6.45, 7) is 5.80. The second-order valence-electron chi connectivity index (χ2n) is 5.31. The Balaban J connectivity index is 3.00. The van der Waals surface area contributed by atoms with Gasteiger partial charge in [-0.15, -0.1) is 0 Å². The molecule has 2 unspecified atom stereocenters. The van der Waals surface area contributed by atoms with E-state index in [4.69, 9.17) is 5.11 Å². The van der Waals surface area contributed by atoms with Gasteiger partial charge in [-0.2, -0.15) is 0 Å². The number of aliphatic carboxylic acids is 1. The lowest BCUT2D eigenvalue weighted by Crippen LogP contribution is -2.54. The first-order valence-corrected chi connectivity index (χ1v) is 5.80. The molecule has 15 heavy (non-hydrogen) atoms. The van der Waals surface area contributed by atoms with Crippen molar-refractivity contribution in [1.29, 1.82) is 0 Å². The summed E-state index contributed by atoms with van der Waals surface area (Å²) in [7, 11) is 0. The van der Waals surface area contributed by atoms with E-state index >= 15 is 0 Å². The van der Waals surface area contributed by atoms with Crippen LogP contribution in [0.5, 0.6) is 0 Å². The number of carbonyl (C=O) groups is 1. The number of aliphatic hydroxyl groups is 1. The number of hydrogen-bond acceptors (Lipinski definition) is 2. The normalized spacial score (nSPS) is 32.3. The highest BCUT2D eigenvalue weighted by atomic mass is 16.4. The van der Waals surface area contributed by atoms with Gasteiger partial charge in [0.25, 0.3) is 0 Å². The SMILES string of the molecule is CCC(C(=O)O)C1(O)CCCCC1(C)C. The third-order valence-electron chi connectivity index (χ3n) is 4.06. The Kier molecular flexibility index (Phi) is 3.44. The molecule has 0 aromatic carbocycles. The lowest BCUT2D eigenvalue weighted by atomic mass is 9.59. The largest absolute Gasteiger partial charge is 0.481 e. The zero-order valence-corrected chi connectivity index (χ0v) is 9.92. The molecule has 88 valence electrons. The average Bonchev–Trinajstić information content (AvgIpc) is 2.11. The van der Waals surface area contributed by atoms with E-state index in [2.05, 4.69) is 0 Å². The molecule has 1 fully saturated rings. The van der Waals surface area contributed by atoms with Crippen molar-refractivity contribution < 1.29 is 15.0 Å². The summed E-state index contributed by atoms with van der Waals surface area (Å²) in [5.41, 5.74) is -1.32. The molecule has 0 spiro atoms. The molecule has 1 rings (SSSR count). The van der Waals surface area contributed by atoms with Crippen molar-refractivity contribution in [2.75, 3.05) is 0 Å². The van der Waals surface area contributed by atoms with Gasteiger partial charge in [0.2, 0.25) is 0 Å². The van der Waals surface area contributed by atoms with Crippen molar-refractivity contribution in [2.24, 2.45) is 11.3 Å². The number of hydrogen-bond donors (Lipinski definition) is 2. The monoisotopic (exact) mass is 214 g/mol. The van der Waals surface area contributed by atoms with Gasteiger partial charge in [-0.25, -0.2) is 0 Å². The first kappa shape index (κ1) is 12.5. The molecular weight excluding hydrogens is 192 g/mol. The minimum Gasteiger partial charge on any atom is -0.481 e. The predicted molar refractivity (Wildman–Crippen MR) is 58.6 cm³/mol. The number of rotatable bonds is 3. The summed E-state index contributed by atoms with van der Waals surface area (Å²) in [6.07, 6.45) is 4.04. The fourth-order valence-corrected chi connectivity index (χ4v) is 2.88. The van der Waals surface area contributed by atoms with Crippen LogP contribution in [0.1, 0.15) is 52.9 Å². The maximum Gasteiger partial charge on any atom is 0.309 e. The van der Waals surface area contributed by atoms with Crippen LogP contribution in [0.4, 0.5) is 0 Å². The lowest BCUT2D eigenvalue weighted by Gasteiger charge is -2.49. The fourth-order valence-electron chi connectivity index (χ4n) is 2.88. The minimum atomic E-state index is -1.04. The standard InChI is InChI=1S/C12H22O3/c1-4-9(10(13)14)12(15)8-6-5-7-11(12,2)3/h9,15H,4-8H2,1-3H3,(H,13,14). The smallest absolute Gasteiger partial charge is 0.309 e. The Morgan fingerprint density at radius 1 is 1.33 bits per heavy atom. The third-order valence-corrected chi connectivity index (χ3v) is 4.06. The highest BCUT2D eigenvalue weighted by Gasteiger charge is 2.52. The van der Waals surface area contributed by atoms with Crippen LogP contribution >= 0.6 is 0 Å². The van der Waals surface area contributed by atoms with Crippen LogP contribution in [0.15, 0.2) is 0 Å². The Hall–Kier alpha value is -0.570. The van der Waals surface area contributed by atoms with Crippen LogP contribution in [0.3, 0.4) is 0 Å². The van der Waals surface area contributed by atoms with Crippen molar-refractivity contribution in [1.82, 2.24) is 0 Å². The molecule has 2 N–H and O–H groups in total. The van der Waals surface area contributed by atoms with E-state index in [0.29, 0.717) is 12.8 Å².